The van der Waals surface area contributed by atoms with Gasteiger partial charge in [-0.2, -0.15) is 0 Å². The lowest BCUT2D eigenvalue weighted by Gasteiger charge is -2.37. The topological polar surface area (TPSA) is 6.48 Å². The Kier molecular flexibility index (Phi) is 7.41. The van der Waals surface area contributed by atoms with Crippen molar-refractivity contribution < 1.29 is 0 Å². The fourth-order valence-corrected chi connectivity index (χ4v) is 10.7. The fraction of sp³-hybridized carbons (Fsp3) is 0.148. The van der Waals surface area contributed by atoms with Crippen molar-refractivity contribution in [1.82, 2.24) is 0 Å². The third-order valence-electron chi connectivity index (χ3n) is 13.2. The molecule has 0 N–H and O–H groups in total. The molecule has 270 valence electrons. The second kappa shape index (κ2) is 12.6. The van der Waals surface area contributed by atoms with Crippen LogP contribution in [-0.4, -0.2) is 0 Å². The van der Waals surface area contributed by atoms with Crippen LogP contribution in [0.4, 0.5) is 34.1 Å². The summed E-state index contributed by atoms with van der Waals surface area (Å²) in [5.41, 5.74) is 18.5. The van der Waals surface area contributed by atoms with Crippen molar-refractivity contribution in [3.63, 3.8) is 0 Å². The Balaban J connectivity index is 1.15. The summed E-state index contributed by atoms with van der Waals surface area (Å²) in [4.78, 5) is 5.08. The zero-order chi connectivity index (χ0) is 37.4. The summed E-state index contributed by atoms with van der Waals surface area (Å²) < 4.78 is 0. The van der Waals surface area contributed by atoms with Crippen molar-refractivity contribution >= 4 is 44.9 Å². The van der Waals surface area contributed by atoms with Gasteiger partial charge in [-0.15, -0.1) is 0 Å². The molecule has 8 aromatic rings. The quantitative estimate of drug-likeness (QED) is 0.169. The van der Waals surface area contributed by atoms with Gasteiger partial charge in [-0.25, -0.2) is 0 Å². The lowest BCUT2D eigenvalue weighted by atomic mass is 9.74. The Morgan fingerprint density at radius 1 is 0.393 bits per heavy atom. The Hall–Kier alpha value is -6.38. The van der Waals surface area contributed by atoms with Crippen LogP contribution in [0.5, 0.6) is 0 Å². The Morgan fingerprint density at radius 3 is 1.57 bits per heavy atom. The normalized spacial score (nSPS) is 17.0. The van der Waals surface area contributed by atoms with E-state index in [2.05, 4.69) is 206 Å². The molecule has 2 nitrogen and oxygen atoms in total. The molecule has 0 amide bonds. The van der Waals surface area contributed by atoms with E-state index in [9.17, 15) is 0 Å². The van der Waals surface area contributed by atoms with Gasteiger partial charge in [-0.1, -0.05) is 135 Å². The van der Waals surface area contributed by atoms with Crippen molar-refractivity contribution in [3.8, 4) is 11.1 Å². The maximum Gasteiger partial charge on any atom is 0.0505 e. The average Bonchev–Trinajstić information content (AvgIpc) is 3.89. The van der Waals surface area contributed by atoms with Gasteiger partial charge < -0.3 is 9.80 Å². The van der Waals surface area contributed by atoms with E-state index in [1.54, 1.807) is 0 Å². The monoisotopic (exact) mass is 720 g/mol. The number of rotatable bonds is 6. The first kappa shape index (κ1) is 33.0. The van der Waals surface area contributed by atoms with Gasteiger partial charge in [0.2, 0.25) is 0 Å². The standard InChI is InChI=1S/C54H44N2/c1-53(2)47-24-12-11-23-45(47)46-36-44(29-30-48(46)53)56(43-28-27-37-15-9-10-16-40(37)35-43)50-26-14-18-39-32-34-54(52(39)50)33-31-38-17-13-25-49(51(38)54)55(41-19-5-3-6-20-41)42-21-7-4-8-22-42/h3-30,35-36H,31-34H2,1-2H3/t54-/m1/s1. The van der Waals surface area contributed by atoms with E-state index in [1.807, 2.05) is 0 Å². The molecule has 0 saturated heterocycles. The van der Waals surface area contributed by atoms with E-state index >= 15 is 0 Å². The summed E-state index contributed by atoms with van der Waals surface area (Å²) in [5.74, 6) is 0. The first-order chi connectivity index (χ1) is 27.5. The van der Waals surface area contributed by atoms with Crippen molar-refractivity contribution in [2.45, 2.75) is 50.4 Å². The average molecular weight is 721 g/mol. The number of nitrogens with zero attached hydrogens (tertiary/aromatic N) is 2. The van der Waals surface area contributed by atoms with Crippen LogP contribution in [0, 0.1) is 0 Å². The van der Waals surface area contributed by atoms with Crippen LogP contribution in [0.2, 0.25) is 0 Å². The van der Waals surface area contributed by atoms with E-state index in [0.29, 0.717) is 0 Å². The van der Waals surface area contributed by atoms with Crippen molar-refractivity contribution in [3.05, 3.63) is 215 Å². The lowest BCUT2D eigenvalue weighted by Crippen LogP contribution is -2.27. The highest BCUT2D eigenvalue weighted by Gasteiger charge is 2.49. The highest BCUT2D eigenvalue weighted by Crippen LogP contribution is 2.60. The Morgan fingerprint density at radius 2 is 0.911 bits per heavy atom. The smallest absolute Gasteiger partial charge is 0.0505 e. The van der Waals surface area contributed by atoms with Crippen LogP contribution < -0.4 is 9.80 Å². The molecule has 0 fully saturated rings. The molecule has 3 aliphatic rings. The highest BCUT2D eigenvalue weighted by atomic mass is 15.2. The molecule has 11 rings (SSSR count). The van der Waals surface area contributed by atoms with Gasteiger partial charge in [0, 0.05) is 33.6 Å². The number of hydrogen-bond donors (Lipinski definition) is 0. The summed E-state index contributed by atoms with van der Waals surface area (Å²) in [6.07, 6.45) is 4.32. The molecule has 0 aliphatic heterocycles. The van der Waals surface area contributed by atoms with Gasteiger partial charge in [-0.05, 0) is 142 Å². The molecule has 1 spiro atoms. The Labute approximate surface area is 330 Å². The minimum atomic E-state index is -0.139. The zero-order valence-corrected chi connectivity index (χ0v) is 32.0. The molecule has 0 radical (unpaired) electrons. The SMILES string of the molecule is CC1(C)c2ccccc2-c2cc(N(c3ccc4ccccc4c3)c3cccc4c3[C@]3(CCc5cccc(N(c6ccccc6)c6ccccc6)c53)CC4)ccc21. The molecule has 0 unspecified atom stereocenters. The maximum atomic E-state index is 2.58. The third kappa shape index (κ3) is 4.88. The molecule has 1 atom stereocenters. The minimum absolute atomic E-state index is 0.0520. The predicted octanol–water partition coefficient (Wildman–Crippen LogP) is 14.3. The molecule has 8 aromatic carbocycles. The lowest BCUT2D eigenvalue weighted by molar-refractivity contribution is 0.508. The van der Waals surface area contributed by atoms with Gasteiger partial charge in [0.1, 0.15) is 0 Å². The largest absolute Gasteiger partial charge is 0.310 e. The van der Waals surface area contributed by atoms with E-state index in [4.69, 9.17) is 0 Å². The van der Waals surface area contributed by atoms with Crippen LogP contribution in [0.15, 0.2) is 182 Å². The minimum Gasteiger partial charge on any atom is -0.310 e. The third-order valence-corrected chi connectivity index (χ3v) is 13.2. The van der Waals surface area contributed by atoms with Gasteiger partial charge in [0.05, 0.1) is 11.4 Å². The van der Waals surface area contributed by atoms with Gasteiger partial charge in [-0.3, -0.25) is 0 Å². The van der Waals surface area contributed by atoms with Crippen molar-refractivity contribution in [2.75, 3.05) is 9.80 Å². The van der Waals surface area contributed by atoms with E-state index in [0.717, 1.165) is 25.7 Å². The van der Waals surface area contributed by atoms with Crippen LogP contribution in [0.1, 0.15) is 60.1 Å². The predicted molar refractivity (Wildman–Crippen MR) is 235 cm³/mol. The van der Waals surface area contributed by atoms with Crippen LogP contribution in [0.3, 0.4) is 0 Å². The van der Waals surface area contributed by atoms with Crippen LogP contribution >= 0.6 is 0 Å². The van der Waals surface area contributed by atoms with Gasteiger partial charge >= 0.3 is 0 Å². The Bertz CT molecular complexity index is 2760. The number of fused-ring (bicyclic) bond motifs is 8. The second-order valence-corrected chi connectivity index (χ2v) is 16.5. The summed E-state index contributed by atoms with van der Waals surface area (Å²) in [5, 5.41) is 2.51. The van der Waals surface area contributed by atoms with Crippen LogP contribution in [0.25, 0.3) is 21.9 Å². The number of benzene rings is 8. The molecular formula is C54H44N2. The molecule has 0 heterocycles. The number of anilines is 6. The number of hydrogen-bond acceptors (Lipinski definition) is 2. The summed E-state index contributed by atoms with van der Waals surface area (Å²) in [6.45, 7) is 4.74. The highest BCUT2D eigenvalue weighted by molar-refractivity contribution is 5.93. The number of aryl methyl sites for hydroxylation is 2. The zero-order valence-electron chi connectivity index (χ0n) is 32.0. The summed E-state index contributed by atoms with van der Waals surface area (Å²) in [7, 11) is 0. The van der Waals surface area contributed by atoms with Crippen molar-refractivity contribution in [1.29, 1.82) is 0 Å². The molecule has 0 bridgehead atoms. The van der Waals surface area contributed by atoms with E-state index < -0.39 is 0 Å². The van der Waals surface area contributed by atoms with E-state index in [-0.39, 0.29) is 10.8 Å². The van der Waals surface area contributed by atoms with Crippen LogP contribution in [-0.2, 0) is 23.7 Å². The summed E-state index contributed by atoms with van der Waals surface area (Å²) >= 11 is 0. The summed E-state index contributed by atoms with van der Waals surface area (Å²) in [6, 6.07) is 68.0. The van der Waals surface area contributed by atoms with Crippen molar-refractivity contribution in [2.24, 2.45) is 0 Å². The first-order valence-corrected chi connectivity index (χ1v) is 20.2. The van der Waals surface area contributed by atoms with E-state index in [1.165, 1.54) is 89.4 Å². The molecule has 2 heteroatoms. The molecule has 56 heavy (non-hydrogen) atoms. The maximum absolute atomic E-state index is 2.58. The molecule has 0 aromatic heterocycles. The molecule has 3 aliphatic carbocycles. The molecule has 0 saturated carbocycles. The van der Waals surface area contributed by atoms with Gasteiger partial charge in [0.25, 0.3) is 0 Å². The second-order valence-electron chi connectivity index (χ2n) is 16.5. The molecular weight excluding hydrogens is 677 g/mol. The van der Waals surface area contributed by atoms with Gasteiger partial charge in [0.15, 0.2) is 0 Å². The fourth-order valence-electron chi connectivity index (χ4n) is 10.7. The number of para-hydroxylation sites is 2. The first-order valence-electron chi connectivity index (χ1n) is 20.2.